The molecule has 0 spiro atoms. The molecule has 1 aliphatic heterocycles. The molecule has 1 aromatic carbocycles. The molecule has 102 valence electrons. The maximum absolute atomic E-state index is 9.17. The Balaban J connectivity index is 2.34. The van der Waals surface area contributed by atoms with E-state index in [4.69, 9.17) is 10.00 Å². The molecule has 2 rings (SSSR count). The fraction of sp³-hybridized carbons (Fsp3) is 0.562. The van der Waals surface area contributed by atoms with E-state index < -0.39 is 0 Å². The van der Waals surface area contributed by atoms with E-state index in [2.05, 4.69) is 30.9 Å². The number of anilines is 1. The molecule has 0 aliphatic carbocycles. The summed E-state index contributed by atoms with van der Waals surface area (Å²) in [6.45, 7) is 9.23. The molecule has 0 bridgehead atoms. The lowest BCUT2D eigenvalue weighted by Gasteiger charge is -2.34. The molecule has 1 unspecified atom stereocenters. The van der Waals surface area contributed by atoms with Gasteiger partial charge in [0.15, 0.2) is 0 Å². The molecule has 1 fully saturated rings. The van der Waals surface area contributed by atoms with E-state index in [-0.39, 0.29) is 17.6 Å². The van der Waals surface area contributed by atoms with Crippen LogP contribution in [-0.2, 0) is 0 Å². The SMILES string of the molecule is CC(C)Oc1ccccc1N1CC(C#N)CC1(C)C. The van der Waals surface area contributed by atoms with E-state index in [1.807, 2.05) is 32.0 Å². The third kappa shape index (κ3) is 2.84. The van der Waals surface area contributed by atoms with Gasteiger partial charge in [-0.25, -0.2) is 0 Å². The van der Waals surface area contributed by atoms with Gasteiger partial charge in [-0.1, -0.05) is 12.1 Å². The highest BCUT2D eigenvalue weighted by Crippen LogP contribution is 2.40. The van der Waals surface area contributed by atoms with E-state index in [0.29, 0.717) is 0 Å². The van der Waals surface area contributed by atoms with Crippen LogP contribution in [0.5, 0.6) is 5.75 Å². The van der Waals surface area contributed by atoms with Crippen molar-refractivity contribution in [1.82, 2.24) is 0 Å². The maximum Gasteiger partial charge on any atom is 0.142 e. The van der Waals surface area contributed by atoms with Crippen LogP contribution in [-0.4, -0.2) is 18.2 Å². The maximum atomic E-state index is 9.17. The molecule has 0 saturated carbocycles. The Hall–Kier alpha value is -1.69. The van der Waals surface area contributed by atoms with Crippen molar-refractivity contribution in [3.8, 4) is 11.8 Å². The summed E-state index contributed by atoms with van der Waals surface area (Å²) < 4.78 is 5.90. The van der Waals surface area contributed by atoms with Crippen LogP contribution in [0.25, 0.3) is 0 Å². The lowest BCUT2D eigenvalue weighted by atomic mass is 9.97. The van der Waals surface area contributed by atoms with Crippen molar-refractivity contribution in [3.63, 3.8) is 0 Å². The van der Waals surface area contributed by atoms with Gasteiger partial charge in [0.25, 0.3) is 0 Å². The topological polar surface area (TPSA) is 36.3 Å². The molecule has 0 N–H and O–H groups in total. The van der Waals surface area contributed by atoms with Crippen LogP contribution in [0.2, 0.25) is 0 Å². The van der Waals surface area contributed by atoms with Crippen molar-refractivity contribution >= 4 is 5.69 Å². The van der Waals surface area contributed by atoms with Gasteiger partial charge in [-0.05, 0) is 46.2 Å². The number of nitriles is 1. The molecule has 1 aromatic rings. The first kappa shape index (κ1) is 13.7. The quantitative estimate of drug-likeness (QED) is 0.831. The van der Waals surface area contributed by atoms with E-state index in [9.17, 15) is 0 Å². The highest BCUT2D eigenvalue weighted by atomic mass is 16.5. The standard InChI is InChI=1S/C16H22N2O/c1-12(2)19-15-8-6-5-7-14(15)18-11-13(10-17)9-16(18,3)4/h5-8,12-13H,9,11H2,1-4H3. The largest absolute Gasteiger partial charge is 0.489 e. The van der Waals surface area contributed by atoms with Gasteiger partial charge in [0.05, 0.1) is 23.8 Å². The molecule has 0 radical (unpaired) electrons. The van der Waals surface area contributed by atoms with Crippen LogP contribution in [0.3, 0.4) is 0 Å². The average Bonchev–Trinajstić information content (AvgIpc) is 2.64. The lowest BCUT2D eigenvalue weighted by Crippen LogP contribution is -2.38. The minimum Gasteiger partial charge on any atom is -0.489 e. The van der Waals surface area contributed by atoms with E-state index in [0.717, 1.165) is 24.4 Å². The Morgan fingerprint density at radius 1 is 1.37 bits per heavy atom. The van der Waals surface area contributed by atoms with Crippen LogP contribution in [0.4, 0.5) is 5.69 Å². The van der Waals surface area contributed by atoms with Crippen molar-refractivity contribution in [1.29, 1.82) is 5.26 Å². The first-order valence-electron chi connectivity index (χ1n) is 6.87. The van der Waals surface area contributed by atoms with Crippen LogP contribution in [0.15, 0.2) is 24.3 Å². The van der Waals surface area contributed by atoms with E-state index in [1.54, 1.807) is 0 Å². The molecular weight excluding hydrogens is 236 g/mol. The van der Waals surface area contributed by atoms with Crippen molar-refractivity contribution in [3.05, 3.63) is 24.3 Å². The van der Waals surface area contributed by atoms with Gasteiger partial charge in [0.2, 0.25) is 0 Å². The highest BCUT2D eigenvalue weighted by molar-refractivity contribution is 5.61. The molecule has 1 saturated heterocycles. The van der Waals surface area contributed by atoms with Crippen LogP contribution in [0, 0.1) is 17.2 Å². The molecule has 3 heteroatoms. The number of para-hydroxylation sites is 2. The zero-order valence-corrected chi connectivity index (χ0v) is 12.2. The zero-order valence-electron chi connectivity index (χ0n) is 12.2. The molecule has 3 nitrogen and oxygen atoms in total. The Kier molecular flexibility index (Phi) is 3.71. The predicted molar refractivity (Wildman–Crippen MR) is 77.4 cm³/mol. The molecule has 0 aromatic heterocycles. The van der Waals surface area contributed by atoms with Gasteiger partial charge >= 0.3 is 0 Å². The Labute approximate surface area is 115 Å². The molecule has 1 atom stereocenters. The number of rotatable bonds is 3. The first-order valence-corrected chi connectivity index (χ1v) is 6.87. The zero-order chi connectivity index (χ0) is 14.0. The number of benzene rings is 1. The summed E-state index contributed by atoms with van der Waals surface area (Å²) in [5.41, 5.74) is 1.09. The fourth-order valence-corrected chi connectivity index (χ4v) is 2.79. The van der Waals surface area contributed by atoms with Crippen LogP contribution >= 0.6 is 0 Å². The normalized spacial score (nSPS) is 21.5. The van der Waals surface area contributed by atoms with Gasteiger partial charge in [-0.15, -0.1) is 0 Å². The number of ether oxygens (including phenoxy) is 1. The fourth-order valence-electron chi connectivity index (χ4n) is 2.79. The van der Waals surface area contributed by atoms with Crippen molar-refractivity contribution in [2.45, 2.75) is 45.8 Å². The monoisotopic (exact) mass is 258 g/mol. The minimum atomic E-state index is -0.00314. The molecule has 1 aliphatic rings. The third-order valence-corrected chi connectivity index (χ3v) is 3.58. The Morgan fingerprint density at radius 2 is 2.05 bits per heavy atom. The number of hydrogen-bond acceptors (Lipinski definition) is 3. The highest BCUT2D eigenvalue weighted by Gasteiger charge is 2.39. The predicted octanol–water partition coefficient (Wildman–Crippen LogP) is 3.60. The Bertz CT molecular complexity index is 488. The third-order valence-electron chi connectivity index (χ3n) is 3.58. The van der Waals surface area contributed by atoms with Gasteiger partial charge in [0, 0.05) is 12.1 Å². The number of hydrogen-bond donors (Lipinski definition) is 0. The molecular formula is C16H22N2O. The first-order chi connectivity index (χ1) is 8.94. The second-order valence-electron chi connectivity index (χ2n) is 6.09. The summed E-state index contributed by atoms with van der Waals surface area (Å²) in [6, 6.07) is 10.5. The lowest BCUT2D eigenvalue weighted by molar-refractivity contribution is 0.242. The second-order valence-corrected chi connectivity index (χ2v) is 6.09. The molecule has 19 heavy (non-hydrogen) atoms. The summed E-state index contributed by atoms with van der Waals surface area (Å²) in [4.78, 5) is 2.30. The Morgan fingerprint density at radius 3 is 2.63 bits per heavy atom. The van der Waals surface area contributed by atoms with Gasteiger partial charge in [-0.3, -0.25) is 0 Å². The van der Waals surface area contributed by atoms with Crippen LogP contribution in [0.1, 0.15) is 34.1 Å². The minimum absolute atomic E-state index is 0.00314. The van der Waals surface area contributed by atoms with Crippen molar-refractivity contribution in [2.24, 2.45) is 5.92 Å². The molecule has 1 heterocycles. The van der Waals surface area contributed by atoms with Crippen molar-refractivity contribution in [2.75, 3.05) is 11.4 Å². The van der Waals surface area contributed by atoms with Gasteiger partial charge in [0.1, 0.15) is 5.75 Å². The van der Waals surface area contributed by atoms with Crippen LogP contribution < -0.4 is 9.64 Å². The smallest absolute Gasteiger partial charge is 0.142 e. The summed E-state index contributed by atoms with van der Waals surface area (Å²) >= 11 is 0. The summed E-state index contributed by atoms with van der Waals surface area (Å²) in [6.07, 6.45) is 1.05. The summed E-state index contributed by atoms with van der Waals surface area (Å²) in [7, 11) is 0. The summed E-state index contributed by atoms with van der Waals surface area (Å²) in [5, 5.41) is 9.17. The second kappa shape index (κ2) is 5.13. The van der Waals surface area contributed by atoms with Gasteiger partial charge in [-0.2, -0.15) is 5.26 Å². The number of nitrogens with zero attached hydrogens (tertiary/aromatic N) is 2. The van der Waals surface area contributed by atoms with Crippen molar-refractivity contribution < 1.29 is 4.74 Å². The van der Waals surface area contributed by atoms with E-state index in [1.165, 1.54) is 0 Å². The average molecular weight is 258 g/mol. The van der Waals surface area contributed by atoms with Gasteiger partial charge < -0.3 is 9.64 Å². The van der Waals surface area contributed by atoms with E-state index >= 15 is 0 Å². The molecule has 0 amide bonds. The summed E-state index contributed by atoms with van der Waals surface area (Å²) in [5.74, 6) is 1.01.